The lowest BCUT2D eigenvalue weighted by Gasteiger charge is -2.26. The quantitative estimate of drug-likeness (QED) is 0.636. The molecule has 1 saturated heterocycles. The number of hydrogen-bond donors (Lipinski definition) is 2. The third kappa shape index (κ3) is 5.87. The maximum Gasteiger partial charge on any atom is 0.315 e. The van der Waals surface area contributed by atoms with Gasteiger partial charge >= 0.3 is 6.03 Å². The van der Waals surface area contributed by atoms with Crippen LogP contribution in [0.2, 0.25) is 0 Å². The Bertz CT molecular complexity index is 989. The Labute approximate surface area is 182 Å². The van der Waals surface area contributed by atoms with E-state index in [1.807, 2.05) is 6.07 Å². The first-order chi connectivity index (χ1) is 14.9. The number of nitrogens with one attached hydrogen (secondary N) is 2. The van der Waals surface area contributed by atoms with E-state index in [0.717, 1.165) is 11.1 Å². The monoisotopic (exact) mass is 449 g/mol. The molecule has 3 rings (SSSR count). The maximum absolute atomic E-state index is 12.6. The van der Waals surface area contributed by atoms with Crippen LogP contribution in [0.15, 0.2) is 47.4 Å². The fraction of sp³-hybridized carbons (Fsp3) is 0.381. The molecular weight excluding hydrogens is 422 g/mol. The highest BCUT2D eigenvalue weighted by molar-refractivity contribution is 7.89. The Morgan fingerprint density at radius 1 is 0.935 bits per heavy atom. The van der Waals surface area contributed by atoms with Gasteiger partial charge in [0.2, 0.25) is 10.0 Å². The van der Waals surface area contributed by atoms with Crippen molar-refractivity contribution in [3.05, 3.63) is 53.6 Å². The number of methoxy groups -OCH3 is 2. The summed E-state index contributed by atoms with van der Waals surface area (Å²) in [5.41, 5.74) is 1.66. The van der Waals surface area contributed by atoms with Crippen molar-refractivity contribution >= 4 is 16.1 Å². The highest BCUT2D eigenvalue weighted by Gasteiger charge is 2.26. The number of hydrogen-bond acceptors (Lipinski definition) is 6. The second-order valence-corrected chi connectivity index (χ2v) is 8.82. The van der Waals surface area contributed by atoms with Gasteiger partial charge in [0.1, 0.15) is 0 Å². The molecule has 1 heterocycles. The van der Waals surface area contributed by atoms with Gasteiger partial charge in [-0.1, -0.05) is 18.2 Å². The number of amides is 2. The van der Waals surface area contributed by atoms with Gasteiger partial charge in [-0.05, 0) is 35.4 Å². The highest BCUT2D eigenvalue weighted by Crippen LogP contribution is 2.27. The van der Waals surface area contributed by atoms with Crippen LogP contribution in [0.4, 0.5) is 4.79 Å². The first-order valence-corrected chi connectivity index (χ1v) is 11.3. The normalized spacial score (nSPS) is 14.6. The number of nitrogens with zero attached hydrogens (tertiary/aromatic N) is 1. The molecule has 0 radical (unpaired) electrons. The van der Waals surface area contributed by atoms with Gasteiger partial charge in [-0.3, -0.25) is 0 Å². The minimum Gasteiger partial charge on any atom is -0.493 e. The van der Waals surface area contributed by atoms with E-state index in [-0.39, 0.29) is 17.5 Å². The van der Waals surface area contributed by atoms with Crippen LogP contribution in [-0.4, -0.2) is 59.3 Å². The number of benzene rings is 2. The Morgan fingerprint density at radius 2 is 1.52 bits per heavy atom. The van der Waals surface area contributed by atoms with Crippen molar-refractivity contribution < 1.29 is 27.4 Å². The SMILES string of the molecule is COc1ccc(CNC(=O)NCc2ccc(S(=O)(=O)N3CCOCC3)cc2)cc1OC. The van der Waals surface area contributed by atoms with E-state index in [9.17, 15) is 13.2 Å². The summed E-state index contributed by atoms with van der Waals surface area (Å²) < 4.78 is 42.4. The van der Waals surface area contributed by atoms with Gasteiger partial charge in [0.15, 0.2) is 11.5 Å². The second-order valence-electron chi connectivity index (χ2n) is 6.89. The highest BCUT2D eigenvalue weighted by atomic mass is 32.2. The van der Waals surface area contributed by atoms with Gasteiger partial charge in [0.05, 0.1) is 32.3 Å². The summed E-state index contributed by atoms with van der Waals surface area (Å²) in [5.74, 6) is 1.21. The van der Waals surface area contributed by atoms with E-state index in [1.165, 1.54) is 4.31 Å². The lowest BCUT2D eigenvalue weighted by Crippen LogP contribution is -2.40. The molecule has 0 atom stereocenters. The first kappa shape index (κ1) is 22.9. The maximum atomic E-state index is 12.6. The van der Waals surface area contributed by atoms with Gasteiger partial charge in [-0.2, -0.15) is 4.31 Å². The molecule has 0 saturated carbocycles. The molecule has 0 aromatic heterocycles. The van der Waals surface area contributed by atoms with E-state index in [4.69, 9.17) is 14.2 Å². The predicted octanol–water partition coefficient (Wildman–Crippen LogP) is 1.72. The number of carbonyl (C=O) groups is 1. The molecular formula is C21H27N3O6S. The van der Waals surface area contributed by atoms with Crippen molar-refractivity contribution in [2.24, 2.45) is 0 Å². The summed E-state index contributed by atoms with van der Waals surface area (Å²) in [6.45, 7) is 2.11. The first-order valence-electron chi connectivity index (χ1n) is 9.83. The minimum atomic E-state index is -3.53. The summed E-state index contributed by atoms with van der Waals surface area (Å²) in [7, 11) is -0.408. The van der Waals surface area contributed by atoms with Crippen LogP contribution < -0.4 is 20.1 Å². The number of ether oxygens (including phenoxy) is 3. The van der Waals surface area contributed by atoms with Crippen molar-refractivity contribution in [3.63, 3.8) is 0 Å². The Kier molecular flexibility index (Phi) is 7.72. The van der Waals surface area contributed by atoms with E-state index >= 15 is 0 Å². The fourth-order valence-corrected chi connectivity index (χ4v) is 4.54. The average molecular weight is 450 g/mol. The smallest absolute Gasteiger partial charge is 0.315 e. The van der Waals surface area contributed by atoms with Gasteiger partial charge < -0.3 is 24.8 Å². The number of sulfonamides is 1. The molecule has 0 aliphatic carbocycles. The molecule has 2 N–H and O–H groups in total. The van der Waals surface area contributed by atoms with E-state index < -0.39 is 10.0 Å². The lowest BCUT2D eigenvalue weighted by atomic mass is 10.2. The van der Waals surface area contributed by atoms with Crippen molar-refractivity contribution in [3.8, 4) is 11.5 Å². The third-order valence-electron chi connectivity index (χ3n) is 4.89. The molecule has 0 spiro atoms. The Balaban J connectivity index is 1.50. The van der Waals surface area contributed by atoms with Crippen LogP contribution in [0.3, 0.4) is 0 Å². The molecule has 1 aliphatic heterocycles. The van der Waals surface area contributed by atoms with Crippen LogP contribution in [0, 0.1) is 0 Å². The summed E-state index contributed by atoms with van der Waals surface area (Å²) in [6, 6.07) is 11.6. The van der Waals surface area contributed by atoms with Crippen LogP contribution >= 0.6 is 0 Å². The van der Waals surface area contributed by atoms with Gasteiger partial charge in [0.25, 0.3) is 0 Å². The van der Waals surface area contributed by atoms with Crippen molar-refractivity contribution in [1.29, 1.82) is 0 Å². The van der Waals surface area contributed by atoms with Crippen LogP contribution in [0.25, 0.3) is 0 Å². The molecule has 0 unspecified atom stereocenters. The summed E-state index contributed by atoms with van der Waals surface area (Å²) >= 11 is 0. The van der Waals surface area contributed by atoms with Crippen LogP contribution in [0.5, 0.6) is 11.5 Å². The molecule has 31 heavy (non-hydrogen) atoms. The molecule has 10 heteroatoms. The predicted molar refractivity (Wildman–Crippen MR) is 115 cm³/mol. The molecule has 2 aromatic carbocycles. The molecule has 0 bridgehead atoms. The minimum absolute atomic E-state index is 0.232. The number of carbonyl (C=O) groups excluding carboxylic acids is 1. The Hall–Kier alpha value is -2.82. The zero-order chi connectivity index (χ0) is 22.3. The average Bonchev–Trinajstić information content (AvgIpc) is 2.82. The third-order valence-corrected chi connectivity index (χ3v) is 6.80. The molecule has 9 nitrogen and oxygen atoms in total. The van der Waals surface area contributed by atoms with Gasteiger partial charge in [0, 0.05) is 26.2 Å². The standard InChI is InChI=1S/C21H27N3O6S/c1-28-19-8-5-17(13-20(19)29-2)15-23-21(25)22-14-16-3-6-18(7-4-16)31(26,27)24-9-11-30-12-10-24/h3-8,13H,9-12,14-15H2,1-2H3,(H2,22,23,25). The number of urea groups is 1. The second kappa shape index (κ2) is 10.5. The van der Waals surface area contributed by atoms with E-state index in [1.54, 1.807) is 50.6 Å². The summed E-state index contributed by atoms with van der Waals surface area (Å²) in [6.07, 6.45) is 0. The number of rotatable bonds is 8. The number of morpholine rings is 1. The van der Waals surface area contributed by atoms with Crippen LogP contribution in [0.1, 0.15) is 11.1 Å². The zero-order valence-corrected chi connectivity index (χ0v) is 18.4. The van der Waals surface area contributed by atoms with Gasteiger partial charge in [-0.15, -0.1) is 0 Å². The molecule has 2 amide bonds. The zero-order valence-electron chi connectivity index (χ0n) is 17.6. The molecule has 1 fully saturated rings. The Morgan fingerprint density at radius 3 is 2.13 bits per heavy atom. The van der Waals surface area contributed by atoms with Crippen molar-refractivity contribution in [2.45, 2.75) is 18.0 Å². The van der Waals surface area contributed by atoms with E-state index in [2.05, 4.69) is 10.6 Å². The topological polar surface area (TPSA) is 106 Å². The van der Waals surface area contributed by atoms with Gasteiger partial charge in [-0.25, -0.2) is 13.2 Å². The molecule has 1 aliphatic rings. The largest absolute Gasteiger partial charge is 0.493 e. The summed E-state index contributed by atoms with van der Waals surface area (Å²) in [4.78, 5) is 12.3. The van der Waals surface area contributed by atoms with Crippen molar-refractivity contribution in [1.82, 2.24) is 14.9 Å². The molecule has 168 valence electrons. The fourth-order valence-electron chi connectivity index (χ4n) is 3.13. The summed E-state index contributed by atoms with van der Waals surface area (Å²) in [5, 5.41) is 5.54. The van der Waals surface area contributed by atoms with Crippen molar-refractivity contribution in [2.75, 3.05) is 40.5 Å². The van der Waals surface area contributed by atoms with Crippen LogP contribution in [-0.2, 0) is 27.8 Å². The van der Waals surface area contributed by atoms with E-state index in [0.29, 0.717) is 44.3 Å². The lowest BCUT2D eigenvalue weighted by molar-refractivity contribution is 0.0730. The molecule has 2 aromatic rings.